The molecule has 2 aromatic carbocycles. The average Bonchev–Trinajstić information content (AvgIpc) is 2.43. The lowest BCUT2D eigenvalue weighted by Gasteiger charge is -2.15. The predicted molar refractivity (Wildman–Crippen MR) is 89.1 cm³/mol. The van der Waals surface area contributed by atoms with Crippen molar-refractivity contribution in [2.75, 3.05) is 5.32 Å². The second-order valence-electron chi connectivity index (χ2n) is 5.95. The van der Waals surface area contributed by atoms with Gasteiger partial charge in [-0.2, -0.15) is 0 Å². The summed E-state index contributed by atoms with van der Waals surface area (Å²) in [7, 11) is 0. The van der Waals surface area contributed by atoms with Gasteiger partial charge in [0.15, 0.2) is 0 Å². The van der Waals surface area contributed by atoms with Crippen LogP contribution in [0.25, 0.3) is 0 Å². The van der Waals surface area contributed by atoms with E-state index in [9.17, 15) is 4.79 Å². The van der Waals surface area contributed by atoms with E-state index in [4.69, 9.17) is 0 Å². The quantitative estimate of drug-likeness (QED) is 0.844. The van der Waals surface area contributed by atoms with Gasteiger partial charge in [-0.05, 0) is 61.1 Å². The van der Waals surface area contributed by atoms with Gasteiger partial charge in [0.25, 0.3) is 5.91 Å². The first kappa shape index (κ1) is 15.3. The second-order valence-corrected chi connectivity index (χ2v) is 5.95. The Morgan fingerprint density at radius 2 is 1.57 bits per heavy atom. The smallest absolute Gasteiger partial charge is 0.255 e. The fraction of sp³-hybridized carbons (Fsp3) is 0.316. The summed E-state index contributed by atoms with van der Waals surface area (Å²) < 4.78 is 0. The number of para-hydroxylation sites is 1. The van der Waals surface area contributed by atoms with Crippen LogP contribution in [0.3, 0.4) is 0 Å². The average molecular weight is 281 g/mol. The minimum atomic E-state index is -0.0382. The van der Waals surface area contributed by atoms with Gasteiger partial charge < -0.3 is 5.32 Å². The van der Waals surface area contributed by atoms with Gasteiger partial charge >= 0.3 is 0 Å². The maximum Gasteiger partial charge on any atom is 0.255 e. The third kappa shape index (κ3) is 3.33. The maximum absolute atomic E-state index is 12.6. The molecule has 0 saturated heterocycles. The summed E-state index contributed by atoms with van der Waals surface area (Å²) in [6, 6.07) is 12.0. The molecule has 0 unspecified atom stereocenters. The molecule has 0 bridgehead atoms. The van der Waals surface area contributed by atoms with Crippen LogP contribution >= 0.6 is 0 Å². The SMILES string of the molecule is Cc1cc(C)c(C(=O)Nc2ccccc2C(C)C)cc1C. The van der Waals surface area contributed by atoms with Crippen molar-refractivity contribution in [1.29, 1.82) is 0 Å². The Balaban J connectivity index is 2.33. The van der Waals surface area contributed by atoms with Gasteiger partial charge in [0.1, 0.15) is 0 Å². The van der Waals surface area contributed by atoms with E-state index in [0.717, 1.165) is 27.9 Å². The largest absolute Gasteiger partial charge is 0.322 e. The number of hydrogen-bond donors (Lipinski definition) is 1. The summed E-state index contributed by atoms with van der Waals surface area (Å²) in [5.74, 6) is 0.339. The van der Waals surface area contributed by atoms with Crippen LogP contribution in [0.5, 0.6) is 0 Å². The van der Waals surface area contributed by atoms with Gasteiger partial charge in [-0.3, -0.25) is 4.79 Å². The molecule has 0 spiro atoms. The maximum atomic E-state index is 12.6. The summed E-state index contributed by atoms with van der Waals surface area (Å²) in [6.07, 6.45) is 0. The molecule has 1 N–H and O–H groups in total. The van der Waals surface area contributed by atoms with Crippen LogP contribution in [0.4, 0.5) is 5.69 Å². The Labute approximate surface area is 127 Å². The number of carbonyl (C=O) groups excluding carboxylic acids is 1. The molecule has 110 valence electrons. The van der Waals surface area contributed by atoms with Crippen LogP contribution in [0.15, 0.2) is 36.4 Å². The second kappa shape index (κ2) is 6.13. The number of amides is 1. The number of carbonyl (C=O) groups is 1. The summed E-state index contributed by atoms with van der Waals surface area (Å²) in [5.41, 5.74) is 6.17. The summed E-state index contributed by atoms with van der Waals surface area (Å²) in [6.45, 7) is 10.3. The van der Waals surface area contributed by atoms with Crippen molar-refractivity contribution in [3.63, 3.8) is 0 Å². The monoisotopic (exact) mass is 281 g/mol. The molecule has 2 rings (SSSR count). The zero-order valence-electron chi connectivity index (χ0n) is 13.4. The van der Waals surface area contributed by atoms with Crippen molar-refractivity contribution in [3.05, 3.63) is 64.2 Å². The van der Waals surface area contributed by atoms with Crippen LogP contribution in [-0.2, 0) is 0 Å². The van der Waals surface area contributed by atoms with Crippen molar-refractivity contribution in [3.8, 4) is 0 Å². The first-order chi connectivity index (χ1) is 9.90. The number of rotatable bonds is 3. The van der Waals surface area contributed by atoms with Gasteiger partial charge in [-0.1, -0.05) is 38.1 Å². The van der Waals surface area contributed by atoms with Crippen LogP contribution in [-0.4, -0.2) is 5.91 Å². The number of hydrogen-bond acceptors (Lipinski definition) is 1. The fourth-order valence-corrected chi connectivity index (χ4v) is 2.51. The highest BCUT2D eigenvalue weighted by Crippen LogP contribution is 2.25. The summed E-state index contributed by atoms with van der Waals surface area (Å²) in [4.78, 5) is 12.6. The van der Waals surface area contributed by atoms with E-state index in [2.05, 4.69) is 38.2 Å². The highest BCUT2D eigenvalue weighted by atomic mass is 16.1. The molecule has 0 aliphatic carbocycles. The molecule has 0 heterocycles. The van der Waals surface area contributed by atoms with Crippen LogP contribution in [0.2, 0.25) is 0 Å². The molecular weight excluding hydrogens is 258 g/mol. The topological polar surface area (TPSA) is 29.1 Å². The molecule has 1 amide bonds. The van der Waals surface area contributed by atoms with Crippen LogP contribution in [0.1, 0.15) is 52.4 Å². The zero-order chi connectivity index (χ0) is 15.6. The highest BCUT2D eigenvalue weighted by Gasteiger charge is 2.13. The fourth-order valence-electron chi connectivity index (χ4n) is 2.51. The number of anilines is 1. The first-order valence-corrected chi connectivity index (χ1v) is 7.38. The van der Waals surface area contributed by atoms with Crippen LogP contribution in [0, 0.1) is 20.8 Å². The van der Waals surface area contributed by atoms with Gasteiger partial charge in [-0.15, -0.1) is 0 Å². The molecule has 0 fully saturated rings. The molecule has 0 atom stereocenters. The first-order valence-electron chi connectivity index (χ1n) is 7.38. The van der Waals surface area contributed by atoms with Crippen molar-refractivity contribution in [2.24, 2.45) is 0 Å². The van der Waals surface area contributed by atoms with E-state index in [-0.39, 0.29) is 5.91 Å². The molecule has 21 heavy (non-hydrogen) atoms. The molecule has 0 radical (unpaired) electrons. The lowest BCUT2D eigenvalue weighted by Crippen LogP contribution is -2.15. The lowest BCUT2D eigenvalue weighted by molar-refractivity contribution is 0.102. The van der Waals surface area contributed by atoms with Gasteiger partial charge in [-0.25, -0.2) is 0 Å². The zero-order valence-corrected chi connectivity index (χ0v) is 13.4. The Bertz CT molecular complexity index is 671. The molecule has 0 aromatic heterocycles. The number of aryl methyl sites for hydroxylation is 3. The van der Waals surface area contributed by atoms with Crippen LogP contribution < -0.4 is 5.32 Å². The van der Waals surface area contributed by atoms with E-state index < -0.39 is 0 Å². The molecule has 0 saturated carbocycles. The molecule has 0 aliphatic rings. The Morgan fingerprint density at radius 3 is 2.24 bits per heavy atom. The third-order valence-electron chi connectivity index (χ3n) is 3.92. The normalized spacial score (nSPS) is 10.8. The summed E-state index contributed by atoms with van der Waals surface area (Å²) >= 11 is 0. The minimum absolute atomic E-state index is 0.0382. The van der Waals surface area contributed by atoms with E-state index in [1.807, 2.05) is 38.1 Å². The van der Waals surface area contributed by atoms with Crippen molar-refractivity contribution < 1.29 is 4.79 Å². The van der Waals surface area contributed by atoms with Gasteiger partial charge in [0.05, 0.1) is 0 Å². The predicted octanol–water partition coefficient (Wildman–Crippen LogP) is 4.99. The molecule has 2 heteroatoms. The third-order valence-corrected chi connectivity index (χ3v) is 3.92. The summed E-state index contributed by atoms with van der Waals surface area (Å²) in [5, 5.41) is 3.06. The minimum Gasteiger partial charge on any atom is -0.322 e. The van der Waals surface area contributed by atoms with Crippen molar-refractivity contribution in [1.82, 2.24) is 0 Å². The Kier molecular flexibility index (Phi) is 4.46. The number of nitrogens with one attached hydrogen (secondary N) is 1. The van der Waals surface area contributed by atoms with Gasteiger partial charge in [0, 0.05) is 11.3 Å². The van der Waals surface area contributed by atoms with Crippen molar-refractivity contribution in [2.45, 2.75) is 40.5 Å². The highest BCUT2D eigenvalue weighted by molar-refractivity contribution is 6.05. The van der Waals surface area contributed by atoms with Crippen molar-refractivity contribution >= 4 is 11.6 Å². The molecular formula is C19H23NO. The molecule has 0 aliphatic heterocycles. The van der Waals surface area contributed by atoms with E-state index in [1.165, 1.54) is 5.56 Å². The van der Waals surface area contributed by atoms with E-state index in [1.54, 1.807) is 0 Å². The number of benzene rings is 2. The standard InChI is InChI=1S/C19H23NO/c1-12(2)16-8-6-7-9-18(16)20-19(21)17-11-14(4)13(3)10-15(17)5/h6-12H,1-5H3,(H,20,21). The van der Waals surface area contributed by atoms with E-state index >= 15 is 0 Å². The Hall–Kier alpha value is -2.09. The molecule has 2 aromatic rings. The van der Waals surface area contributed by atoms with E-state index in [0.29, 0.717) is 5.92 Å². The lowest BCUT2D eigenvalue weighted by atomic mass is 9.99. The van der Waals surface area contributed by atoms with Gasteiger partial charge in [0.2, 0.25) is 0 Å². The molecule has 2 nitrogen and oxygen atoms in total. The Morgan fingerprint density at radius 1 is 0.952 bits per heavy atom.